The van der Waals surface area contributed by atoms with Crippen LogP contribution in [0.1, 0.15) is 10.6 Å². The molecule has 0 aliphatic rings. The van der Waals surface area contributed by atoms with Gasteiger partial charge in [0.2, 0.25) is 4.47 Å². The minimum atomic E-state index is -0.0515. The maximum atomic E-state index is 12.2. The molecule has 5 nitrogen and oxygen atoms in total. The van der Waals surface area contributed by atoms with E-state index in [1.807, 2.05) is 12.3 Å². The van der Waals surface area contributed by atoms with Crippen LogP contribution >= 0.6 is 34.3 Å². The molecule has 92 valence electrons. The second kappa shape index (κ2) is 4.42. The fourth-order valence-corrected chi connectivity index (χ4v) is 3.43. The third-order valence-electron chi connectivity index (χ3n) is 2.47. The summed E-state index contributed by atoms with van der Waals surface area (Å²) in [5.74, 6) is 0. The molecule has 0 fully saturated rings. The highest BCUT2D eigenvalue weighted by molar-refractivity contribution is 7.17. The maximum Gasteiger partial charge on any atom is 0.271 e. The van der Waals surface area contributed by atoms with Gasteiger partial charge in [-0.05, 0) is 29.5 Å². The minimum absolute atomic E-state index is 0.0515. The van der Waals surface area contributed by atoms with Crippen LogP contribution in [0.2, 0.25) is 4.47 Å². The maximum absolute atomic E-state index is 12.2. The number of nitrogens with zero attached hydrogens (tertiary/aromatic N) is 4. The zero-order valence-electron chi connectivity index (χ0n) is 9.25. The van der Waals surface area contributed by atoms with Gasteiger partial charge in [0.15, 0.2) is 0 Å². The number of thiophene rings is 1. The lowest BCUT2D eigenvalue weighted by Crippen LogP contribution is -2.20. The molecule has 3 heterocycles. The van der Waals surface area contributed by atoms with E-state index in [-0.39, 0.29) is 5.56 Å². The molecule has 0 aliphatic carbocycles. The number of rotatable bonds is 2. The number of halogens is 1. The SMILES string of the molecule is Cc1csc2c(=O)n(Cc3nnc(Cl)s3)cnc12. The standard InChI is InChI=1S/C10H7ClN4OS2/c1-5-3-17-8-7(5)12-4-15(9(8)16)2-6-13-14-10(11)18-6/h3-4H,2H2,1H3. The van der Waals surface area contributed by atoms with Gasteiger partial charge in [-0.15, -0.1) is 21.5 Å². The lowest BCUT2D eigenvalue weighted by molar-refractivity contribution is 0.735. The molecule has 0 spiro atoms. The molecule has 3 aromatic heterocycles. The molecular weight excluding hydrogens is 292 g/mol. The van der Waals surface area contributed by atoms with Gasteiger partial charge in [-0.2, -0.15) is 0 Å². The first-order valence-electron chi connectivity index (χ1n) is 5.06. The predicted octanol–water partition coefficient (Wildman–Crippen LogP) is 2.32. The summed E-state index contributed by atoms with van der Waals surface area (Å²) in [4.78, 5) is 16.5. The highest BCUT2D eigenvalue weighted by Gasteiger charge is 2.10. The number of aromatic nitrogens is 4. The van der Waals surface area contributed by atoms with Crippen LogP contribution in [0.15, 0.2) is 16.5 Å². The van der Waals surface area contributed by atoms with Crippen molar-refractivity contribution in [1.82, 2.24) is 19.7 Å². The molecule has 0 unspecified atom stereocenters. The molecule has 0 bridgehead atoms. The van der Waals surface area contributed by atoms with Gasteiger partial charge in [0.05, 0.1) is 18.4 Å². The number of hydrogen-bond donors (Lipinski definition) is 0. The quantitative estimate of drug-likeness (QED) is 0.728. The molecule has 0 aromatic carbocycles. The van der Waals surface area contributed by atoms with E-state index in [9.17, 15) is 4.79 Å². The largest absolute Gasteiger partial charge is 0.291 e. The van der Waals surface area contributed by atoms with Gasteiger partial charge >= 0.3 is 0 Å². The average Bonchev–Trinajstić information content (AvgIpc) is 2.91. The summed E-state index contributed by atoms with van der Waals surface area (Å²) in [5.41, 5.74) is 1.75. The molecule has 3 aromatic rings. The van der Waals surface area contributed by atoms with Gasteiger partial charge in [-0.25, -0.2) is 4.98 Å². The topological polar surface area (TPSA) is 60.7 Å². The summed E-state index contributed by atoms with van der Waals surface area (Å²) in [7, 11) is 0. The first-order chi connectivity index (χ1) is 8.65. The van der Waals surface area contributed by atoms with Crippen molar-refractivity contribution < 1.29 is 0 Å². The van der Waals surface area contributed by atoms with Gasteiger partial charge in [0, 0.05) is 0 Å². The van der Waals surface area contributed by atoms with Crippen molar-refractivity contribution in [3.8, 4) is 0 Å². The fraction of sp³-hybridized carbons (Fsp3) is 0.200. The molecule has 0 saturated carbocycles. The van der Waals surface area contributed by atoms with Crippen LogP contribution in [0, 0.1) is 6.92 Å². The van der Waals surface area contributed by atoms with E-state index in [0.717, 1.165) is 11.1 Å². The summed E-state index contributed by atoms with van der Waals surface area (Å²) < 4.78 is 2.57. The van der Waals surface area contributed by atoms with E-state index in [2.05, 4.69) is 15.2 Å². The average molecular weight is 299 g/mol. The summed E-state index contributed by atoms with van der Waals surface area (Å²) in [6.45, 7) is 2.29. The van der Waals surface area contributed by atoms with E-state index in [4.69, 9.17) is 11.6 Å². The Balaban J connectivity index is 2.07. The van der Waals surface area contributed by atoms with Crippen molar-refractivity contribution in [3.05, 3.63) is 37.1 Å². The van der Waals surface area contributed by atoms with E-state index in [1.165, 1.54) is 27.2 Å². The van der Waals surface area contributed by atoms with E-state index in [1.54, 1.807) is 6.33 Å². The second-order valence-corrected chi connectivity index (χ2v) is 6.25. The van der Waals surface area contributed by atoms with Crippen molar-refractivity contribution in [2.24, 2.45) is 0 Å². The third-order valence-corrected chi connectivity index (χ3v) is 4.55. The zero-order valence-corrected chi connectivity index (χ0v) is 11.6. The van der Waals surface area contributed by atoms with Crippen LogP contribution in [-0.4, -0.2) is 19.7 Å². The Hall–Kier alpha value is -1.31. The van der Waals surface area contributed by atoms with Gasteiger partial charge in [-0.1, -0.05) is 11.3 Å². The lowest BCUT2D eigenvalue weighted by Gasteiger charge is -2.01. The van der Waals surface area contributed by atoms with Crippen molar-refractivity contribution in [2.75, 3.05) is 0 Å². The second-order valence-electron chi connectivity index (χ2n) is 3.72. The van der Waals surface area contributed by atoms with Crippen LogP contribution in [0.4, 0.5) is 0 Å². The van der Waals surface area contributed by atoms with E-state index >= 15 is 0 Å². The molecule has 0 saturated heterocycles. The van der Waals surface area contributed by atoms with Gasteiger partial charge in [-0.3, -0.25) is 9.36 Å². The van der Waals surface area contributed by atoms with Crippen molar-refractivity contribution >= 4 is 44.5 Å². The number of hydrogen-bond acceptors (Lipinski definition) is 6. The van der Waals surface area contributed by atoms with Gasteiger partial charge < -0.3 is 0 Å². The smallest absolute Gasteiger partial charge is 0.271 e. The van der Waals surface area contributed by atoms with Crippen LogP contribution in [0.3, 0.4) is 0 Å². The number of fused-ring (bicyclic) bond motifs is 1. The molecule has 3 rings (SSSR count). The Labute approximate surface area is 115 Å². The molecule has 18 heavy (non-hydrogen) atoms. The highest BCUT2D eigenvalue weighted by Crippen LogP contribution is 2.20. The van der Waals surface area contributed by atoms with Crippen LogP contribution in [0.25, 0.3) is 10.2 Å². The summed E-state index contributed by atoms with van der Waals surface area (Å²) in [6.07, 6.45) is 1.54. The van der Waals surface area contributed by atoms with Crippen molar-refractivity contribution in [3.63, 3.8) is 0 Å². The molecule has 0 N–H and O–H groups in total. The highest BCUT2D eigenvalue weighted by atomic mass is 35.5. The zero-order chi connectivity index (χ0) is 12.7. The Morgan fingerprint density at radius 1 is 1.44 bits per heavy atom. The Morgan fingerprint density at radius 3 is 3.00 bits per heavy atom. The molecule has 0 amide bonds. The fourth-order valence-electron chi connectivity index (χ4n) is 1.62. The summed E-state index contributed by atoms with van der Waals surface area (Å²) in [6, 6.07) is 0. The van der Waals surface area contributed by atoms with Gasteiger partial charge in [0.25, 0.3) is 5.56 Å². The van der Waals surface area contributed by atoms with Crippen molar-refractivity contribution in [1.29, 1.82) is 0 Å². The molecule has 0 atom stereocenters. The minimum Gasteiger partial charge on any atom is -0.291 e. The van der Waals surface area contributed by atoms with Crippen LogP contribution in [0.5, 0.6) is 0 Å². The first kappa shape index (κ1) is 11.8. The number of aryl methyl sites for hydroxylation is 1. The normalized spacial score (nSPS) is 11.2. The van der Waals surface area contributed by atoms with Crippen LogP contribution in [-0.2, 0) is 6.54 Å². The third kappa shape index (κ3) is 1.94. The Bertz CT molecular complexity index is 776. The molecule has 8 heteroatoms. The molecule has 0 radical (unpaired) electrons. The summed E-state index contributed by atoms with van der Waals surface area (Å²) in [5, 5.41) is 10.2. The van der Waals surface area contributed by atoms with Crippen LogP contribution < -0.4 is 5.56 Å². The molecule has 0 aliphatic heterocycles. The van der Waals surface area contributed by atoms with Crippen molar-refractivity contribution in [2.45, 2.75) is 13.5 Å². The molecular formula is C10H7ClN4OS2. The van der Waals surface area contributed by atoms with E-state index < -0.39 is 0 Å². The van der Waals surface area contributed by atoms with Gasteiger partial charge in [0.1, 0.15) is 9.71 Å². The monoisotopic (exact) mass is 298 g/mol. The first-order valence-corrected chi connectivity index (χ1v) is 7.13. The van der Waals surface area contributed by atoms with E-state index in [0.29, 0.717) is 20.7 Å². The lowest BCUT2D eigenvalue weighted by atomic mass is 10.3. The predicted molar refractivity (Wildman–Crippen MR) is 72.6 cm³/mol. The Kier molecular flexibility index (Phi) is 2.89. The summed E-state index contributed by atoms with van der Waals surface area (Å²) >= 11 is 8.39. The Morgan fingerprint density at radius 2 is 2.28 bits per heavy atom.